The highest BCUT2D eigenvalue weighted by Gasteiger charge is 2.13. The van der Waals surface area contributed by atoms with Crippen molar-refractivity contribution >= 4 is 23.4 Å². The highest BCUT2D eigenvalue weighted by molar-refractivity contribution is 7.99. The summed E-state index contributed by atoms with van der Waals surface area (Å²) in [5, 5.41) is 3.49. The van der Waals surface area contributed by atoms with E-state index < -0.39 is 0 Å². The monoisotopic (exact) mass is 407 g/mol. The minimum absolute atomic E-state index is 0.0623. The second kappa shape index (κ2) is 9.56. The summed E-state index contributed by atoms with van der Waals surface area (Å²) in [5.74, 6) is 0.537. The van der Waals surface area contributed by atoms with Crippen molar-refractivity contribution in [2.24, 2.45) is 0 Å². The summed E-state index contributed by atoms with van der Waals surface area (Å²) in [5.41, 5.74) is 4.49. The van der Waals surface area contributed by atoms with E-state index in [0.29, 0.717) is 10.9 Å². The van der Waals surface area contributed by atoms with Crippen LogP contribution in [-0.4, -0.2) is 21.2 Å². The number of rotatable bonds is 7. The molecule has 5 nitrogen and oxygen atoms in total. The smallest absolute Gasteiger partial charge is 0.254 e. The SMILES string of the molecule is Cc1ccc(C)c(NC(=O)Cn2c(SCCc3ccccc3)nc(C)cc2=O)c1. The minimum atomic E-state index is -0.239. The van der Waals surface area contributed by atoms with E-state index in [9.17, 15) is 9.59 Å². The Hall–Kier alpha value is -2.86. The van der Waals surface area contributed by atoms with Crippen molar-refractivity contribution in [1.29, 1.82) is 0 Å². The Balaban J connectivity index is 1.73. The minimum Gasteiger partial charge on any atom is -0.324 e. The quantitative estimate of drug-likeness (QED) is 0.472. The lowest BCUT2D eigenvalue weighted by Crippen LogP contribution is -2.29. The highest BCUT2D eigenvalue weighted by Crippen LogP contribution is 2.18. The number of benzene rings is 2. The van der Waals surface area contributed by atoms with Gasteiger partial charge in [-0.3, -0.25) is 14.2 Å². The predicted octanol–water partition coefficient (Wildman–Crippen LogP) is 4.14. The molecule has 1 heterocycles. The molecule has 1 amide bonds. The van der Waals surface area contributed by atoms with Crippen molar-refractivity contribution in [1.82, 2.24) is 9.55 Å². The third-order valence-corrected chi connectivity index (χ3v) is 5.51. The average molecular weight is 408 g/mol. The third kappa shape index (κ3) is 5.81. The Morgan fingerprint density at radius 2 is 1.83 bits per heavy atom. The van der Waals surface area contributed by atoms with Crippen LogP contribution in [0.15, 0.2) is 64.5 Å². The Morgan fingerprint density at radius 3 is 2.59 bits per heavy atom. The molecule has 0 atom stereocenters. The molecular formula is C23H25N3O2S. The highest BCUT2D eigenvalue weighted by atomic mass is 32.2. The lowest BCUT2D eigenvalue weighted by atomic mass is 10.1. The number of nitrogens with one attached hydrogen (secondary N) is 1. The molecule has 0 saturated heterocycles. The van der Waals surface area contributed by atoms with Crippen molar-refractivity contribution in [2.45, 2.75) is 38.9 Å². The molecule has 150 valence electrons. The fourth-order valence-electron chi connectivity index (χ4n) is 2.96. The number of hydrogen-bond donors (Lipinski definition) is 1. The number of carbonyl (C=O) groups is 1. The van der Waals surface area contributed by atoms with Crippen molar-refractivity contribution in [2.75, 3.05) is 11.1 Å². The van der Waals surface area contributed by atoms with Gasteiger partial charge >= 0.3 is 0 Å². The van der Waals surface area contributed by atoms with E-state index >= 15 is 0 Å². The predicted molar refractivity (Wildman–Crippen MR) is 119 cm³/mol. The Bertz CT molecular complexity index is 1060. The summed E-state index contributed by atoms with van der Waals surface area (Å²) in [4.78, 5) is 29.7. The average Bonchev–Trinajstić information content (AvgIpc) is 2.68. The van der Waals surface area contributed by atoms with E-state index in [-0.39, 0.29) is 18.0 Å². The number of hydrogen-bond acceptors (Lipinski definition) is 4. The summed E-state index contributed by atoms with van der Waals surface area (Å²) >= 11 is 1.50. The van der Waals surface area contributed by atoms with Crippen LogP contribution in [0.5, 0.6) is 0 Å². The van der Waals surface area contributed by atoms with Gasteiger partial charge in [-0.15, -0.1) is 0 Å². The second-order valence-electron chi connectivity index (χ2n) is 7.06. The second-order valence-corrected chi connectivity index (χ2v) is 8.12. The maximum Gasteiger partial charge on any atom is 0.254 e. The van der Waals surface area contributed by atoms with Crippen LogP contribution < -0.4 is 10.9 Å². The van der Waals surface area contributed by atoms with E-state index in [1.807, 2.05) is 50.2 Å². The molecule has 0 bridgehead atoms. The van der Waals surface area contributed by atoms with Crippen LogP contribution in [0.1, 0.15) is 22.4 Å². The van der Waals surface area contributed by atoms with Crippen LogP contribution in [0.25, 0.3) is 0 Å². The van der Waals surface area contributed by atoms with Gasteiger partial charge in [0.15, 0.2) is 5.16 Å². The molecule has 29 heavy (non-hydrogen) atoms. The molecule has 0 saturated carbocycles. The van der Waals surface area contributed by atoms with Crippen LogP contribution in [0, 0.1) is 20.8 Å². The normalized spacial score (nSPS) is 10.7. The van der Waals surface area contributed by atoms with Gasteiger partial charge in [0.1, 0.15) is 6.54 Å². The summed E-state index contributed by atoms with van der Waals surface area (Å²) in [6.07, 6.45) is 0.865. The van der Waals surface area contributed by atoms with E-state index in [0.717, 1.165) is 29.0 Å². The maximum absolute atomic E-state index is 12.6. The van der Waals surface area contributed by atoms with Gasteiger partial charge in [0.2, 0.25) is 5.91 Å². The molecule has 6 heteroatoms. The van der Waals surface area contributed by atoms with Gasteiger partial charge in [0.05, 0.1) is 0 Å². The first kappa shape index (κ1) is 20.9. The molecular weight excluding hydrogens is 382 g/mol. The van der Waals surface area contributed by atoms with Crippen molar-refractivity contribution in [3.8, 4) is 0 Å². The zero-order valence-electron chi connectivity index (χ0n) is 16.9. The van der Waals surface area contributed by atoms with Gasteiger partial charge in [0, 0.05) is 23.2 Å². The van der Waals surface area contributed by atoms with Crippen molar-refractivity contribution in [3.63, 3.8) is 0 Å². The number of carbonyl (C=O) groups excluding carboxylic acids is 1. The number of aryl methyl sites for hydroxylation is 4. The molecule has 0 radical (unpaired) electrons. The standard InChI is InChI=1S/C23H25N3O2S/c1-16-9-10-17(2)20(13-16)25-21(27)15-26-22(28)14-18(3)24-23(26)29-12-11-19-7-5-4-6-8-19/h4-10,13-14H,11-12,15H2,1-3H3,(H,25,27). The van der Waals surface area contributed by atoms with Crippen LogP contribution in [0.2, 0.25) is 0 Å². The Labute approximate surface area is 175 Å². The van der Waals surface area contributed by atoms with Gasteiger partial charge in [-0.2, -0.15) is 0 Å². The fraction of sp³-hybridized carbons (Fsp3) is 0.261. The number of anilines is 1. The molecule has 1 aromatic heterocycles. The molecule has 0 aliphatic rings. The van der Waals surface area contributed by atoms with E-state index in [1.165, 1.54) is 28.0 Å². The zero-order chi connectivity index (χ0) is 20.8. The number of thioether (sulfide) groups is 1. The molecule has 0 fully saturated rings. The first-order valence-electron chi connectivity index (χ1n) is 9.54. The van der Waals surface area contributed by atoms with Gasteiger partial charge < -0.3 is 5.32 Å². The third-order valence-electron chi connectivity index (χ3n) is 4.53. The van der Waals surface area contributed by atoms with Gasteiger partial charge in [-0.25, -0.2) is 4.98 Å². The molecule has 0 aliphatic heterocycles. The molecule has 1 N–H and O–H groups in total. The molecule has 0 spiro atoms. The number of amides is 1. The topological polar surface area (TPSA) is 64.0 Å². The summed E-state index contributed by atoms with van der Waals surface area (Å²) in [7, 11) is 0. The summed E-state index contributed by atoms with van der Waals surface area (Å²) < 4.78 is 1.45. The van der Waals surface area contributed by atoms with E-state index in [2.05, 4.69) is 22.4 Å². The first-order chi connectivity index (χ1) is 13.9. The van der Waals surface area contributed by atoms with E-state index in [1.54, 1.807) is 6.92 Å². The number of aromatic nitrogens is 2. The lowest BCUT2D eigenvalue weighted by molar-refractivity contribution is -0.116. The Morgan fingerprint density at radius 1 is 1.07 bits per heavy atom. The molecule has 0 unspecified atom stereocenters. The van der Waals surface area contributed by atoms with Crippen molar-refractivity contribution < 1.29 is 4.79 Å². The Kier molecular flexibility index (Phi) is 6.88. The summed E-state index contributed by atoms with van der Waals surface area (Å²) in [6.45, 7) is 5.65. The lowest BCUT2D eigenvalue weighted by Gasteiger charge is -2.13. The van der Waals surface area contributed by atoms with Crippen LogP contribution >= 0.6 is 11.8 Å². The summed E-state index contributed by atoms with van der Waals surface area (Å²) in [6, 6.07) is 17.5. The molecule has 3 aromatic rings. The fourth-order valence-corrected chi connectivity index (χ4v) is 4.00. The molecule has 3 rings (SSSR count). The van der Waals surface area contributed by atoms with E-state index in [4.69, 9.17) is 0 Å². The van der Waals surface area contributed by atoms with Gasteiger partial charge in [-0.1, -0.05) is 54.2 Å². The van der Waals surface area contributed by atoms with Crippen LogP contribution in [0.4, 0.5) is 5.69 Å². The van der Waals surface area contributed by atoms with Crippen molar-refractivity contribution in [3.05, 3.63) is 87.3 Å². The van der Waals surface area contributed by atoms with Crippen LogP contribution in [-0.2, 0) is 17.8 Å². The molecule has 0 aliphatic carbocycles. The first-order valence-corrected chi connectivity index (χ1v) is 10.5. The largest absolute Gasteiger partial charge is 0.324 e. The molecule has 2 aromatic carbocycles. The van der Waals surface area contributed by atoms with Crippen LogP contribution in [0.3, 0.4) is 0 Å². The van der Waals surface area contributed by atoms with Gasteiger partial charge in [-0.05, 0) is 49.9 Å². The number of nitrogens with zero attached hydrogens (tertiary/aromatic N) is 2. The maximum atomic E-state index is 12.6. The van der Waals surface area contributed by atoms with Gasteiger partial charge in [0.25, 0.3) is 5.56 Å². The zero-order valence-corrected chi connectivity index (χ0v) is 17.8.